The highest BCUT2D eigenvalue weighted by atomic mass is 16.4. The molecular formula is C11H20N2O4. The van der Waals surface area contributed by atoms with Crippen LogP contribution in [-0.2, 0) is 14.4 Å². The van der Waals surface area contributed by atoms with Gasteiger partial charge in [0.2, 0.25) is 11.8 Å². The number of unbranched alkanes of at least 4 members (excludes halogenated alkanes) is 3. The highest BCUT2D eigenvalue weighted by Gasteiger charge is 2.21. The molecule has 0 aromatic heterocycles. The molecule has 6 heteroatoms. The van der Waals surface area contributed by atoms with E-state index in [2.05, 4.69) is 12.2 Å². The molecule has 1 atom stereocenters. The molecule has 0 aromatic rings. The Morgan fingerprint density at radius 1 is 1.24 bits per heavy atom. The lowest BCUT2D eigenvalue weighted by Crippen LogP contribution is -2.43. The first-order chi connectivity index (χ1) is 7.97. The molecule has 1 unspecified atom stereocenters. The molecule has 0 rings (SSSR count). The van der Waals surface area contributed by atoms with Crippen LogP contribution < -0.4 is 11.1 Å². The van der Waals surface area contributed by atoms with Crippen molar-refractivity contribution in [2.45, 2.75) is 51.5 Å². The molecule has 0 saturated heterocycles. The van der Waals surface area contributed by atoms with Crippen LogP contribution in [0.3, 0.4) is 0 Å². The fraction of sp³-hybridized carbons (Fsp3) is 0.727. The fourth-order valence-electron chi connectivity index (χ4n) is 1.38. The van der Waals surface area contributed by atoms with Gasteiger partial charge < -0.3 is 16.2 Å². The minimum absolute atomic E-state index is 0.280. The summed E-state index contributed by atoms with van der Waals surface area (Å²) in [4.78, 5) is 32.7. The highest BCUT2D eigenvalue weighted by Crippen LogP contribution is 2.03. The number of carboxylic acids is 1. The number of hydrogen-bond acceptors (Lipinski definition) is 3. The van der Waals surface area contributed by atoms with E-state index in [1.54, 1.807) is 0 Å². The number of primary amides is 1. The van der Waals surface area contributed by atoms with E-state index in [0.29, 0.717) is 0 Å². The lowest BCUT2D eigenvalue weighted by atomic mass is 10.1. The molecule has 0 heterocycles. The van der Waals surface area contributed by atoms with E-state index in [-0.39, 0.29) is 18.7 Å². The van der Waals surface area contributed by atoms with E-state index < -0.39 is 17.9 Å². The normalized spacial score (nSPS) is 11.8. The maximum atomic E-state index is 11.4. The largest absolute Gasteiger partial charge is 0.480 e. The predicted octanol–water partition coefficient (Wildman–Crippen LogP) is 0.402. The lowest BCUT2D eigenvalue weighted by molar-refractivity contribution is -0.143. The summed E-state index contributed by atoms with van der Waals surface area (Å²) in [5, 5.41) is 11.0. The van der Waals surface area contributed by atoms with Gasteiger partial charge >= 0.3 is 5.97 Å². The Morgan fingerprint density at radius 2 is 1.88 bits per heavy atom. The van der Waals surface area contributed by atoms with Crippen molar-refractivity contribution in [2.24, 2.45) is 5.73 Å². The third-order valence-electron chi connectivity index (χ3n) is 2.30. The van der Waals surface area contributed by atoms with Crippen molar-refractivity contribution in [2.75, 3.05) is 0 Å². The van der Waals surface area contributed by atoms with Gasteiger partial charge in [-0.2, -0.15) is 0 Å². The average Bonchev–Trinajstić information content (AvgIpc) is 2.22. The molecule has 0 aliphatic rings. The van der Waals surface area contributed by atoms with E-state index in [1.807, 2.05) is 0 Å². The Labute approximate surface area is 101 Å². The molecule has 0 radical (unpaired) electrons. The summed E-state index contributed by atoms with van der Waals surface area (Å²) in [6.45, 7) is 2.06. The highest BCUT2D eigenvalue weighted by molar-refractivity contribution is 5.88. The number of carboxylic acid groups (broad SMARTS) is 1. The van der Waals surface area contributed by atoms with E-state index in [0.717, 1.165) is 25.7 Å². The lowest BCUT2D eigenvalue weighted by Gasteiger charge is -2.12. The summed E-state index contributed by atoms with van der Waals surface area (Å²) >= 11 is 0. The van der Waals surface area contributed by atoms with Crippen molar-refractivity contribution in [3.05, 3.63) is 0 Å². The van der Waals surface area contributed by atoms with Crippen molar-refractivity contribution in [3.63, 3.8) is 0 Å². The Kier molecular flexibility index (Phi) is 7.75. The number of carbonyl (C=O) groups excluding carboxylic acids is 2. The second-order valence-corrected chi connectivity index (χ2v) is 3.94. The van der Waals surface area contributed by atoms with Crippen LogP contribution in [0.2, 0.25) is 0 Å². The van der Waals surface area contributed by atoms with Crippen LogP contribution in [0.4, 0.5) is 0 Å². The molecule has 0 bridgehead atoms. The van der Waals surface area contributed by atoms with E-state index in [4.69, 9.17) is 10.8 Å². The second-order valence-electron chi connectivity index (χ2n) is 3.94. The number of rotatable bonds is 9. The summed E-state index contributed by atoms with van der Waals surface area (Å²) in [7, 11) is 0. The van der Waals surface area contributed by atoms with Gasteiger partial charge in [-0.1, -0.05) is 26.2 Å². The molecule has 0 fully saturated rings. The van der Waals surface area contributed by atoms with Gasteiger partial charge in [-0.3, -0.25) is 9.59 Å². The average molecular weight is 244 g/mol. The number of nitrogens with one attached hydrogen (secondary N) is 1. The molecule has 0 aliphatic heterocycles. The van der Waals surface area contributed by atoms with Crippen LogP contribution in [-0.4, -0.2) is 28.9 Å². The van der Waals surface area contributed by atoms with Crippen molar-refractivity contribution in [1.29, 1.82) is 0 Å². The summed E-state index contributed by atoms with van der Waals surface area (Å²) in [5.74, 6) is -2.34. The van der Waals surface area contributed by atoms with Crippen LogP contribution >= 0.6 is 0 Å². The molecule has 0 aromatic carbocycles. The van der Waals surface area contributed by atoms with Crippen LogP contribution in [0, 0.1) is 0 Å². The number of amides is 2. The van der Waals surface area contributed by atoms with Crippen LogP contribution in [0.25, 0.3) is 0 Å². The van der Waals surface area contributed by atoms with Gasteiger partial charge in [0.25, 0.3) is 0 Å². The van der Waals surface area contributed by atoms with Crippen LogP contribution in [0.1, 0.15) is 45.4 Å². The number of nitrogens with two attached hydrogens (primary N) is 1. The van der Waals surface area contributed by atoms with Gasteiger partial charge in [-0.05, 0) is 6.42 Å². The first-order valence-electron chi connectivity index (χ1n) is 5.77. The summed E-state index contributed by atoms with van der Waals surface area (Å²) in [5.41, 5.74) is 4.89. The van der Waals surface area contributed by atoms with Gasteiger partial charge in [0.05, 0.1) is 6.42 Å². The van der Waals surface area contributed by atoms with E-state index in [1.165, 1.54) is 0 Å². The second kappa shape index (κ2) is 8.55. The quantitative estimate of drug-likeness (QED) is 0.510. The van der Waals surface area contributed by atoms with Crippen molar-refractivity contribution >= 4 is 17.8 Å². The Bertz CT molecular complexity index is 279. The van der Waals surface area contributed by atoms with Crippen molar-refractivity contribution in [1.82, 2.24) is 5.32 Å². The monoisotopic (exact) mass is 244 g/mol. The number of hydrogen-bond donors (Lipinski definition) is 3. The molecule has 0 saturated carbocycles. The van der Waals surface area contributed by atoms with E-state index in [9.17, 15) is 14.4 Å². The fourth-order valence-corrected chi connectivity index (χ4v) is 1.38. The van der Waals surface area contributed by atoms with Gasteiger partial charge in [-0.15, -0.1) is 0 Å². The molecule has 0 aliphatic carbocycles. The SMILES string of the molecule is CCCCCCC(=O)NC(CC(N)=O)C(=O)O. The van der Waals surface area contributed by atoms with Gasteiger partial charge in [0, 0.05) is 6.42 Å². The first-order valence-corrected chi connectivity index (χ1v) is 5.77. The van der Waals surface area contributed by atoms with Gasteiger partial charge in [0.1, 0.15) is 6.04 Å². The Hall–Kier alpha value is -1.59. The maximum Gasteiger partial charge on any atom is 0.326 e. The molecule has 2 amide bonds. The minimum Gasteiger partial charge on any atom is -0.480 e. The van der Waals surface area contributed by atoms with Crippen molar-refractivity contribution < 1.29 is 19.5 Å². The maximum absolute atomic E-state index is 11.4. The van der Waals surface area contributed by atoms with Crippen LogP contribution in [0.5, 0.6) is 0 Å². The van der Waals surface area contributed by atoms with Gasteiger partial charge in [-0.25, -0.2) is 4.79 Å². The third-order valence-corrected chi connectivity index (χ3v) is 2.30. The Balaban J connectivity index is 3.96. The molecular weight excluding hydrogens is 224 g/mol. The molecule has 0 spiro atoms. The zero-order valence-electron chi connectivity index (χ0n) is 10.1. The predicted molar refractivity (Wildman–Crippen MR) is 62.1 cm³/mol. The topological polar surface area (TPSA) is 109 Å². The number of carbonyl (C=O) groups is 3. The summed E-state index contributed by atoms with van der Waals surface area (Å²) in [6.07, 6.45) is 3.69. The standard InChI is InChI=1S/C11H20N2O4/c1-2-3-4-5-6-10(15)13-8(11(16)17)7-9(12)14/h8H,2-7H2,1H3,(H2,12,14)(H,13,15)(H,16,17). The molecule has 17 heavy (non-hydrogen) atoms. The molecule has 4 N–H and O–H groups in total. The zero-order valence-corrected chi connectivity index (χ0v) is 10.1. The van der Waals surface area contributed by atoms with Crippen LogP contribution in [0.15, 0.2) is 0 Å². The van der Waals surface area contributed by atoms with Crippen molar-refractivity contribution in [3.8, 4) is 0 Å². The molecule has 98 valence electrons. The first kappa shape index (κ1) is 15.4. The smallest absolute Gasteiger partial charge is 0.326 e. The molecule has 6 nitrogen and oxygen atoms in total. The van der Waals surface area contributed by atoms with E-state index >= 15 is 0 Å². The zero-order chi connectivity index (χ0) is 13.3. The summed E-state index contributed by atoms with van der Waals surface area (Å²) < 4.78 is 0. The Morgan fingerprint density at radius 3 is 2.35 bits per heavy atom. The minimum atomic E-state index is -1.24. The third kappa shape index (κ3) is 8.24. The van der Waals surface area contributed by atoms with Gasteiger partial charge in [0.15, 0.2) is 0 Å². The number of aliphatic carboxylic acids is 1. The summed E-state index contributed by atoms with van der Waals surface area (Å²) in [6, 6.07) is -1.22.